The molecule has 0 saturated heterocycles. The molecule has 0 heterocycles. The van der Waals surface area contributed by atoms with Crippen LogP contribution in [-0.2, 0) is 18.3 Å². The molecule has 0 radical (unpaired) electrons. The van der Waals surface area contributed by atoms with E-state index in [0.29, 0.717) is 0 Å². The topological polar surface area (TPSA) is 0 Å². The Morgan fingerprint density at radius 2 is 1.18 bits per heavy atom. The van der Waals surface area contributed by atoms with Gasteiger partial charge in [0, 0.05) is 0 Å². The van der Waals surface area contributed by atoms with Crippen molar-refractivity contribution in [1.29, 1.82) is 0 Å². The summed E-state index contributed by atoms with van der Waals surface area (Å²) in [6, 6.07) is 0. The van der Waals surface area contributed by atoms with E-state index in [4.69, 9.17) is 0 Å². The Bertz CT molecular complexity index is 228. The Labute approximate surface area is 79.4 Å². The first-order valence-electron chi connectivity index (χ1n) is 3.93. The molecule has 0 bridgehead atoms. The second kappa shape index (κ2) is 2.55. The molecular formula is C10H15Ru+. The summed E-state index contributed by atoms with van der Waals surface area (Å²) in [7, 11) is 0. The third kappa shape index (κ3) is 1.14. The van der Waals surface area contributed by atoms with Gasteiger partial charge in [0.05, 0.1) is 0 Å². The number of hydrogen-bond donors (Lipinski definition) is 0. The molecule has 0 N–H and O–H groups in total. The molecule has 0 aromatic rings. The minimum atomic E-state index is 0.244. The van der Waals surface area contributed by atoms with Gasteiger partial charge in [0.1, 0.15) is 0 Å². The maximum atomic E-state index is 2.84. The molecule has 1 aliphatic rings. The number of rotatable bonds is 0. The van der Waals surface area contributed by atoms with Crippen molar-refractivity contribution >= 4 is 0 Å². The first-order chi connectivity index (χ1) is 4.89. The van der Waals surface area contributed by atoms with Crippen LogP contribution >= 0.6 is 0 Å². The van der Waals surface area contributed by atoms with Crippen LogP contribution in [0.15, 0.2) is 22.3 Å². The summed E-state index contributed by atoms with van der Waals surface area (Å²) in [5.74, 6) is 0. The first-order valence-corrected chi connectivity index (χ1v) is 4.80. The predicted octanol–water partition coefficient (Wildman–Crippen LogP) is 3.40. The van der Waals surface area contributed by atoms with E-state index in [1.165, 1.54) is 22.3 Å². The van der Waals surface area contributed by atoms with E-state index >= 15 is 0 Å². The molecule has 1 heteroatoms. The van der Waals surface area contributed by atoms with Crippen molar-refractivity contribution < 1.29 is 18.3 Å². The maximum absolute atomic E-state index is 2.84. The van der Waals surface area contributed by atoms with E-state index in [1.54, 1.807) is 0 Å². The molecule has 0 fully saturated rings. The van der Waals surface area contributed by atoms with Gasteiger partial charge in [-0.3, -0.25) is 0 Å². The standard InChI is InChI=1S/C10H15.Ru/c1-6-7(2)9(4)10(5)8(6)3;/h1-5H3;/q;+1. The Balaban J connectivity index is 3.27. The van der Waals surface area contributed by atoms with E-state index in [0.717, 1.165) is 0 Å². The Kier molecular flexibility index (Phi) is 2.14. The fraction of sp³-hybridized carbons (Fsp3) is 0.600. The summed E-state index contributed by atoms with van der Waals surface area (Å²) in [5, 5.41) is 0. The fourth-order valence-electron chi connectivity index (χ4n) is 1.54. The molecular weight excluding hydrogens is 221 g/mol. The van der Waals surface area contributed by atoms with Crippen LogP contribution in [0, 0.1) is 0 Å². The van der Waals surface area contributed by atoms with Crippen LogP contribution in [0.2, 0.25) is 4.01 Å². The third-order valence-corrected chi connectivity index (χ3v) is 4.38. The normalized spacial score (nSPS) is 23.5. The van der Waals surface area contributed by atoms with E-state index in [9.17, 15) is 0 Å². The van der Waals surface area contributed by atoms with Crippen molar-refractivity contribution in [2.45, 2.75) is 38.6 Å². The van der Waals surface area contributed by atoms with Crippen molar-refractivity contribution in [1.82, 2.24) is 0 Å². The molecule has 0 aliphatic heterocycles. The second-order valence-electron chi connectivity index (χ2n) is 3.48. The van der Waals surface area contributed by atoms with Crippen molar-refractivity contribution in [2.75, 3.05) is 0 Å². The third-order valence-electron chi connectivity index (χ3n) is 3.08. The molecule has 1 aliphatic carbocycles. The first kappa shape index (κ1) is 9.19. The quantitative estimate of drug-likeness (QED) is 0.565. The van der Waals surface area contributed by atoms with Crippen LogP contribution in [0.1, 0.15) is 34.6 Å². The monoisotopic (exact) mass is 237 g/mol. The van der Waals surface area contributed by atoms with E-state index in [2.05, 4.69) is 52.9 Å². The van der Waals surface area contributed by atoms with Crippen molar-refractivity contribution in [3.8, 4) is 0 Å². The van der Waals surface area contributed by atoms with Crippen LogP contribution in [0.3, 0.4) is 0 Å². The van der Waals surface area contributed by atoms with Crippen LogP contribution in [-0.4, -0.2) is 0 Å². The Morgan fingerprint density at radius 3 is 1.27 bits per heavy atom. The average molecular weight is 236 g/mol. The summed E-state index contributed by atoms with van der Waals surface area (Å²) in [5.41, 5.74) is 5.96. The van der Waals surface area contributed by atoms with Gasteiger partial charge in [0.15, 0.2) is 0 Å². The van der Waals surface area contributed by atoms with Gasteiger partial charge in [-0.2, -0.15) is 0 Å². The Hall–Kier alpha value is 0.103. The van der Waals surface area contributed by atoms with E-state index in [1.807, 2.05) is 0 Å². The number of allylic oxidation sites excluding steroid dienone is 4. The second-order valence-corrected chi connectivity index (χ2v) is 5.22. The molecule has 0 aromatic carbocycles. The molecule has 0 atom stereocenters. The summed E-state index contributed by atoms with van der Waals surface area (Å²) >= 11 is 2.84. The molecule has 0 unspecified atom stereocenters. The zero-order valence-corrected chi connectivity index (χ0v) is 9.59. The van der Waals surface area contributed by atoms with Gasteiger partial charge in [0.25, 0.3) is 0 Å². The minimum absolute atomic E-state index is 0.244. The van der Waals surface area contributed by atoms with Gasteiger partial charge >= 0.3 is 79.2 Å². The molecule has 0 aromatic heterocycles. The van der Waals surface area contributed by atoms with Gasteiger partial charge in [-0.25, -0.2) is 0 Å². The zero-order chi connectivity index (χ0) is 8.81. The van der Waals surface area contributed by atoms with Crippen LogP contribution < -0.4 is 0 Å². The Morgan fingerprint density at radius 1 is 0.909 bits per heavy atom. The van der Waals surface area contributed by atoms with E-state index < -0.39 is 0 Å². The van der Waals surface area contributed by atoms with Gasteiger partial charge in [-0.15, -0.1) is 0 Å². The van der Waals surface area contributed by atoms with Gasteiger partial charge in [-0.1, -0.05) is 0 Å². The van der Waals surface area contributed by atoms with Crippen molar-refractivity contribution in [2.24, 2.45) is 0 Å². The summed E-state index contributed by atoms with van der Waals surface area (Å²) in [6.45, 7) is 11.2. The molecule has 0 nitrogen and oxygen atoms in total. The molecule has 0 amide bonds. The molecule has 0 spiro atoms. The van der Waals surface area contributed by atoms with Crippen molar-refractivity contribution in [3.05, 3.63) is 22.3 Å². The van der Waals surface area contributed by atoms with Crippen LogP contribution in [0.25, 0.3) is 0 Å². The average Bonchev–Trinajstić information content (AvgIpc) is 2.06. The molecule has 62 valence electrons. The fourth-order valence-corrected chi connectivity index (χ4v) is 2.19. The SMILES string of the molecule is CC1=C(C)[C](C)([Ru+])C(C)=C1C. The van der Waals surface area contributed by atoms with Crippen LogP contribution in [0.5, 0.6) is 0 Å². The predicted molar refractivity (Wildman–Crippen MR) is 45.1 cm³/mol. The summed E-state index contributed by atoms with van der Waals surface area (Å²) in [6.07, 6.45) is 0. The molecule has 1 rings (SSSR count). The molecule has 11 heavy (non-hydrogen) atoms. The summed E-state index contributed by atoms with van der Waals surface area (Å²) in [4.78, 5) is 0. The van der Waals surface area contributed by atoms with Gasteiger partial charge < -0.3 is 0 Å². The zero-order valence-electron chi connectivity index (χ0n) is 7.85. The van der Waals surface area contributed by atoms with Gasteiger partial charge in [0.2, 0.25) is 0 Å². The van der Waals surface area contributed by atoms with E-state index in [-0.39, 0.29) is 4.01 Å². The number of hydrogen-bond acceptors (Lipinski definition) is 0. The van der Waals surface area contributed by atoms with Crippen molar-refractivity contribution in [3.63, 3.8) is 0 Å². The molecule has 0 saturated carbocycles. The summed E-state index contributed by atoms with van der Waals surface area (Å²) < 4.78 is 0.244. The van der Waals surface area contributed by atoms with Crippen LogP contribution in [0.4, 0.5) is 0 Å². The van der Waals surface area contributed by atoms with Gasteiger partial charge in [-0.05, 0) is 0 Å².